The summed E-state index contributed by atoms with van der Waals surface area (Å²) in [7, 11) is 0. The highest BCUT2D eigenvalue weighted by Crippen LogP contribution is 2.14. The van der Waals surface area contributed by atoms with Crippen LogP contribution in [0, 0.1) is 0 Å². The first-order valence-electron chi connectivity index (χ1n) is 10.1. The molecule has 0 radical (unpaired) electrons. The zero-order valence-electron chi connectivity index (χ0n) is 18.1. The maximum absolute atomic E-state index is 12.6. The third kappa shape index (κ3) is 12.4. The molecule has 2 amide bonds. The molecular weight excluding hydrogens is 390 g/mol. The molecule has 9 heteroatoms. The van der Waals surface area contributed by atoms with Crippen molar-refractivity contribution >= 4 is 12.0 Å². The minimum atomic E-state index is -0.863. The van der Waals surface area contributed by atoms with Crippen molar-refractivity contribution in [2.45, 2.75) is 32.4 Å². The maximum atomic E-state index is 12.6. The van der Waals surface area contributed by atoms with Crippen LogP contribution in [-0.4, -0.2) is 70.3 Å². The van der Waals surface area contributed by atoms with Crippen molar-refractivity contribution < 1.29 is 28.5 Å². The molecule has 0 spiro atoms. The van der Waals surface area contributed by atoms with E-state index in [-0.39, 0.29) is 5.91 Å². The van der Waals surface area contributed by atoms with Gasteiger partial charge in [-0.15, -0.1) is 0 Å². The largest absolute Gasteiger partial charge is 0.444 e. The molecule has 1 rings (SSSR count). The monoisotopic (exact) mass is 425 g/mol. The van der Waals surface area contributed by atoms with Gasteiger partial charge in [0, 0.05) is 13.1 Å². The lowest BCUT2D eigenvalue weighted by atomic mass is 10.1. The summed E-state index contributed by atoms with van der Waals surface area (Å²) in [5.41, 5.74) is 5.32. The lowest BCUT2D eigenvalue weighted by Gasteiger charge is -2.23. The second kappa shape index (κ2) is 14.7. The van der Waals surface area contributed by atoms with Crippen molar-refractivity contribution in [1.29, 1.82) is 0 Å². The fraction of sp³-hybridized carbons (Fsp3) is 0.619. The number of benzene rings is 1. The summed E-state index contributed by atoms with van der Waals surface area (Å²) in [6.45, 7) is 8.76. The van der Waals surface area contributed by atoms with E-state index in [4.69, 9.17) is 24.7 Å². The quantitative estimate of drug-likeness (QED) is 0.385. The number of carbonyl (C=O) groups excluding carboxylic acids is 2. The normalized spacial score (nSPS) is 12.3. The molecule has 0 saturated heterocycles. The summed E-state index contributed by atoms with van der Waals surface area (Å²) >= 11 is 0. The number of hydrogen-bond donors (Lipinski definition) is 3. The first-order chi connectivity index (χ1) is 14.3. The molecule has 170 valence electrons. The fourth-order valence-corrected chi connectivity index (χ4v) is 2.34. The minimum Gasteiger partial charge on any atom is -0.444 e. The Balaban J connectivity index is 2.34. The van der Waals surface area contributed by atoms with Crippen molar-refractivity contribution in [3.63, 3.8) is 0 Å². The van der Waals surface area contributed by atoms with Gasteiger partial charge in [-0.25, -0.2) is 4.79 Å². The van der Waals surface area contributed by atoms with E-state index in [1.165, 1.54) is 0 Å². The van der Waals surface area contributed by atoms with Crippen molar-refractivity contribution in [2.24, 2.45) is 5.73 Å². The molecule has 0 aliphatic heterocycles. The third-order valence-corrected chi connectivity index (χ3v) is 3.61. The number of nitrogens with one attached hydrogen (secondary N) is 2. The van der Waals surface area contributed by atoms with Gasteiger partial charge >= 0.3 is 6.09 Å². The summed E-state index contributed by atoms with van der Waals surface area (Å²) in [5, 5.41) is 5.39. The van der Waals surface area contributed by atoms with E-state index < -0.39 is 17.7 Å². The molecule has 0 unspecified atom stereocenters. The Labute approximate surface area is 178 Å². The van der Waals surface area contributed by atoms with Gasteiger partial charge in [-0.3, -0.25) is 4.79 Å². The Morgan fingerprint density at radius 2 is 1.50 bits per heavy atom. The molecule has 0 saturated carbocycles. The van der Waals surface area contributed by atoms with Crippen molar-refractivity contribution in [2.75, 3.05) is 52.7 Å². The van der Waals surface area contributed by atoms with Gasteiger partial charge in [-0.2, -0.15) is 0 Å². The van der Waals surface area contributed by atoms with E-state index in [9.17, 15) is 9.59 Å². The number of hydrogen-bond acceptors (Lipinski definition) is 7. The van der Waals surface area contributed by atoms with Gasteiger partial charge in [0.1, 0.15) is 11.6 Å². The van der Waals surface area contributed by atoms with E-state index in [0.717, 1.165) is 0 Å². The molecule has 0 aliphatic rings. The van der Waals surface area contributed by atoms with Crippen LogP contribution in [0.4, 0.5) is 4.79 Å². The Bertz CT molecular complexity index is 607. The van der Waals surface area contributed by atoms with Gasteiger partial charge in [-0.1, -0.05) is 30.3 Å². The molecule has 0 aliphatic carbocycles. The first-order valence-corrected chi connectivity index (χ1v) is 10.1. The van der Waals surface area contributed by atoms with Crippen LogP contribution in [0.5, 0.6) is 0 Å². The molecule has 9 nitrogen and oxygen atoms in total. The number of ether oxygens (including phenoxy) is 4. The zero-order chi connectivity index (χ0) is 22.2. The molecule has 0 bridgehead atoms. The van der Waals surface area contributed by atoms with Gasteiger partial charge in [0.25, 0.3) is 0 Å². The third-order valence-electron chi connectivity index (χ3n) is 3.61. The lowest BCUT2D eigenvalue weighted by Crippen LogP contribution is -2.43. The van der Waals surface area contributed by atoms with Crippen molar-refractivity contribution in [3.05, 3.63) is 35.9 Å². The maximum Gasteiger partial charge on any atom is 0.408 e. The molecule has 0 heterocycles. The Kier molecular flexibility index (Phi) is 12.7. The summed E-state index contributed by atoms with van der Waals surface area (Å²) in [4.78, 5) is 24.8. The highest BCUT2D eigenvalue weighted by Gasteiger charge is 2.25. The molecule has 1 aromatic rings. The number of nitrogens with two attached hydrogens (primary N) is 1. The van der Waals surface area contributed by atoms with E-state index in [0.29, 0.717) is 58.3 Å². The zero-order valence-corrected chi connectivity index (χ0v) is 18.1. The predicted molar refractivity (Wildman–Crippen MR) is 113 cm³/mol. The molecule has 0 aromatic heterocycles. The second-order valence-corrected chi connectivity index (χ2v) is 7.41. The predicted octanol–water partition coefficient (Wildman–Crippen LogP) is 1.38. The smallest absolute Gasteiger partial charge is 0.408 e. The van der Waals surface area contributed by atoms with E-state index in [2.05, 4.69) is 10.6 Å². The average Bonchev–Trinajstić information content (AvgIpc) is 2.69. The lowest BCUT2D eigenvalue weighted by molar-refractivity contribution is -0.123. The fourth-order valence-electron chi connectivity index (χ4n) is 2.34. The molecular formula is C21H35N3O6. The number of amides is 2. The SMILES string of the molecule is CC(C)(C)OC(=O)N[C@H](C(=O)NCCOCCOCCOCCN)c1ccccc1. The molecule has 1 atom stereocenters. The van der Waals surface area contributed by atoms with E-state index in [1.807, 2.05) is 6.07 Å². The second-order valence-electron chi connectivity index (χ2n) is 7.41. The van der Waals surface area contributed by atoms with Gasteiger partial charge in [0.15, 0.2) is 0 Å². The summed E-state index contributed by atoms with van der Waals surface area (Å²) in [5.74, 6) is -0.344. The van der Waals surface area contributed by atoms with Crippen LogP contribution in [0.15, 0.2) is 30.3 Å². The number of rotatable bonds is 14. The number of alkyl carbamates (subject to hydrolysis) is 1. The number of carbonyl (C=O) groups is 2. The molecule has 30 heavy (non-hydrogen) atoms. The minimum absolute atomic E-state index is 0.303. The highest BCUT2D eigenvalue weighted by atomic mass is 16.6. The van der Waals surface area contributed by atoms with Crippen molar-refractivity contribution in [3.8, 4) is 0 Å². The highest BCUT2D eigenvalue weighted by molar-refractivity contribution is 5.86. The molecule has 0 fully saturated rings. The standard InChI is InChI=1S/C21H35N3O6/c1-21(2,3)30-20(26)24-18(17-7-5-4-6-8-17)19(25)23-10-12-28-14-16-29-15-13-27-11-9-22/h4-8,18H,9-16,22H2,1-3H3,(H,23,25)(H,24,26)/t18-/m0/s1. The average molecular weight is 426 g/mol. The Morgan fingerprint density at radius 1 is 0.933 bits per heavy atom. The van der Waals surface area contributed by atoms with Gasteiger partial charge < -0.3 is 35.3 Å². The van der Waals surface area contributed by atoms with Crippen LogP contribution in [0.1, 0.15) is 32.4 Å². The van der Waals surface area contributed by atoms with E-state index >= 15 is 0 Å². The van der Waals surface area contributed by atoms with Crippen molar-refractivity contribution in [1.82, 2.24) is 10.6 Å². The van der Waals surface area contributed by atoms with Crippen LogP contribution in [-0.2, 0) is 23.7 Å². The topological polar surface area (TPSA) is 121 Å². The Morgan fingerprint density at radius 3 is 2.07 bits per heavy atom. The van der Waals surface area contributed by atoms with Crippen LogP contribution < -0.4 is 16.4 Å². The van der Waals surface area contributed by atoms with E-state index in [1.54, 1.807) is 45.0 Å². The Hall–Kier alpha value is -2.20. The van der Waals surface area contributed by atoms with Crippen LogP contribution in [0.3, 0.4) is 0 Å². The summed E-state index contributed by atoms with van der Waals surface area (Å²) in [6.07, 6.45) is -0.657. The molecule has 4 N–H and O–H groups in total. The summed E-state index contributed by atoms with van der Waals surface area (Å²) < 4.78 is 21.2. The van der Waals surface area contributed by atoms with Crippen LogP contribution >= 0.6 is 0 Å². The van der Waals surface area contributed by atoms with Gasteiger partial charge in [-0.05, 0) is 26.3 Å². The summed E-state index contributed by atoms with van der Waals surface area (Å²) in [6, 6.07) is 8.12. The first kappa shape index (κ1) is 25.8. The van der Waals surface area contributed by atoms with Gasteiger partial charge in [0.2, 0.25) is 5.91 Å². The van der Waals surface area contributed by atoms with Crippen LogP contribution in [0.2, 0.25) is 0 Å². The molecule has 1 aromatic carbocycles. The van der Waals surface area contributed by atoms with Gasteiger partial charge in [0.05, 0.1) is 39.6 Å². The van der Waals surface area contributed by atoms with Crippen LogP contribution in [0.25, 0.3) is 0 Å².